The van der Waals surface area contributed by atoms with E-state index in [1.165, 1.54) is 0 Å². The van der Waals surface area contributed by atoms with Gasteiger partial charge in [0.25, 0.3) is 0 Å². The summed E-state index contributed by atoms with van der Waals surface area (Å²) >= 11 is 1.77. The summed E-state index contributed by atoms with van der Waals surface area (Å²) in [7, 11) is 1.79. The molecule has 0 saturated heterocycles. The van der Waals surface area contributed by atoms with Gasteiger partial charge in [-0.25, -0.2) is 4.79 Å². The maximum absolute atomic E-state index is 12.1. The van der Waals surface area contributed by atoms with E-state index in [1.54, 1.807) is 23.7 Å². The van der Waals surface area contributed by atoms with Crippen molar-refractivity contribution >= 4 is 23.8 Å². The van der Waals surface area contributed by atoms with Crippen LogP contribution in [0.3, 0.4) is 0 Å². The Labute approximate surface area is 132 Å². The van der Waals surface area contributed by atoms with Gasteiger partial charge in [0.05, 0.1) is 0 Å². The summed E-state index contributed by atoms with van der Waals surface area (Å²) in [4.78, 5) is 24.7. The molecule has 0 spiro atoms. The molecule has 0 rings (SSSR count). The van der Waals surface area contributed by atoms with E-state index in [4.69, 9.17) is 5.11 Å². The highest BCUT2D eigenvalue weighted by Crippen LogP contribution is 2.15. The third-order valence-electron chi connectivity index (χ3n) is 3.53. The maximum Gasteiger partial charge on any atom is 0.317 e. The molecule has 0 aliphatic rings. The lowest BCUT2D eigenvalue weighted by molar-refractivity contribution is -0.138. The van der Waals surface area contributed by atoms with Gasteiger partial charge in [-0.1, -0.05) is 13.8 Å². The predicted octanol–water partition coefficient (Wildman–Crippen LogP) is 2.91. The van der Waals surface area contributed by atoms with Gasteiger partial charge in [0.1, 0.15) is 0 Å². The molecule has 0 bridgehead atoms. The lowest BCUT2D eigenvalue weighted by Gasteiger charge is -2.26. The first kappa shape index (κ1) is 20.1. The number of hydrogen-bond acceptors (Lipinski definition) is 3. The Hall–Kier alpha value is -0.910. The third-order valence-corrected chi connectivity index (χ3v) is 4.18. The van der Waals surface area contributed by atoms with E-state index in [9.17, 15) is 9.59 Å². The van der Waals surface area contributed by atoms with Crippen molar-refractivity contribution in [3.8, 4) is 0 Å². The van der Waals surface area contributed by atoms with E-state index in [0.29, 0.717) is 12.5 Å². The van der Waals surface area contributed by atoms with Gasteiger partial charge in [-0.15, -0.1) is 0 Å². The van der Waals surface area contributed by atoms with Gasteiger partial charge < -0.3 is 15.3 Å². The van der Waals surface area contributed by atoms with Gasteiger partial charge in [-0.3, -0.25) is 4.79 Å². The monoisotopic (exact) mass is 318 g/mol. The zero-order valence-corrected chi connectivity index (χ0v) is 14.7. The van der Waals surface area contributed by atoms with Crippen molar-refractivity contribution in [3.63, 3.8) is 0 Å². The van der Waals surface area contributed by atoms with Gasteiger partial charge in [0.2, 0.25) is 0 Å². The van der Waals surface area contributed by atoms with Crippen LogP contribution in [0.15, 0.2) is 0 Å². The zero-order valence-electron chi connectivity index (χ0n) is 13.9. The second kappa shape index (κ2) is 10.8. The van der Waals surface area contributed by atoms with E-state index in [-0.39, 0.29) is 24.4 Å². The van der Waals surface area contributed by atoms with Crippen molar-refractivity contribution in [1.82, 2.24) is 10.2 Å². The number of nitrogens with one attached hydrogen (secondary N) is 1. The highest BCUT2D eigenvalue weighted by Gasteiger charge is 2.19. The van der Waals surface area contributed by atoms with E-state index in [1.807, 2.05) is 6.92 Å². The quantitative estimate of drug-likeness (QED) is 0.650. The Kier molecular flexibility index (Phi) is 10.3. The number of thioether (sulfide) groups is 1. The van der Waals surface area contributed by atoms with E-state index in [0.717, 1.165) is 18.6 Å². The predicted molar refractivity (Wildman–Crippen MR) is 88.8 cm³/mol. The van der Waals surface area contributed by atoms with Gasteiger partial charge in [-0.05, 0) is 43.6 Å². The number of hydrogen-bond donors (Lipinski definition) is 2. The summed E-state index contributed by atoms with van der Waals surface area (Å²) in [5, 5.41) is 11.8. The molecule has 0 aromatic carbocycles. The first-order valence-electron chi connectivity index (χ1n) is 7.49. The van der Waals surface area contributed by atoms with Crippen LogP contribution in [0.2, 0.25) is 0 Å². The van der Waals surface area contributed by atoms with Crippen molar-refractivity contribution < 1.29 is 14.7 Å². The fraction of sp³-hybridized carbons (Fsp3) is 0.867. The first-order valence-corrected chi connectivity index (χ1v) is 8.88. The smallest absolute Gasteiger partial charge is 0.317 e. The number of urea groups is 1. The van der Waals surface area contributed by atoms with Crippen LogP contribution in [0.5, 0.6) is 0 Å². The number of carbonyl (C=O) groups excluding carboxylic acids is 1. The van der Waals surface area contributed by atoms with E-state index in [2.05, 4.69) is 25.4 Å². The van der Waals surface area contributed by atoms with E-state index >= 15 is 0 Å². The Bertz CT molecular complexity index is 324. The molecule has 0 aromatic rings. The number of carboxylic acid groups (broad SMARTS) is 1. The summed E-state index contributed by atoms with van der Waals surface area (Å²) in [5.41, 5.74) is 0. The Balaban J connectivity index is 4.30. The van der Waals surface area contributed by atoms with Crippen LogP contribution >= 0.6 is 11.8 Å². The highest BCUT2D eigenvalue weighted by molar-refractivity contribution is 7.98. The van der Waals surface area contributed by atoms with Crippen molar-refractivity contribution in [3.05, 3.63) is 0 Å². The molecule has 0 saturated carbocycles. The van der Waals surface area contributed by atoms with Crippen LogP contribution < -0.4 is 5.32 Å². The summed E-state index contributed by atoms with van der Waals surface area (Å²) < 4.78 is 0. The molecule has 0 aliphatic heterocycles. The molecule has 2 N–H and O–H groups in total. The van der Waals surface area contributed by atoms with Crippen LogP contribution in [0, 0.1) is 11.8 Å². The van der Waals surface area contributed by atoms with Crippen LogP contribution in [-0.2, 0) is 4.79 Å². The standard InChI is InChI=1S/C15H30N2O3S/c1-11(2)8-13(9-14(18)19)10-16-15(20)17(4)12(3)6-7-21-5/h11-13H,6-10H2,1-5H3,(H,16,20)(H,18,19)/t12?,13-/m0/s1. The molecule has 1 unspecified atom stereocenters. The summed E-state index contributed by atoms with van der Waals surface area (Å²) in [6, 6.07) is 0.0585. The molecule has 2 atom stereocenters. The molecule has 2 amide bonds. The molecular formula is C15H30N2O3S. The zero-order chi connectivity index (χ0) is 16.4. The van der Waals surface area contributed by atoms with Crippen molar-refractivity contribution in [2.75, 3.05) is 25.6 Å². The van der Waals surface area contributed by atoms with Gasteiger partial charge in [-0.2, -0.15) is 11.8 Å². The summed E-state index contributed by atoms with van der Waals surface area (Å²) in [6.07, 6.45) is 3.91. The fourth-order valence-corrected chi connectivity index (χ4v) is 2.77. The summed E-state index contributed by atoms with van der Waals surface area (Å²) in [6.45, 7) is 6.57. The molecule has 0 radical (unpaired) electrons. The van der Waals surface area contributed by atoms with Crippen LogP contribution in [0.1, 0.15) is 40.0 Å². The lowest BCUT2D eigenvalue weighted by Crippen LogP contribution is -2.44. The molecule has 21 heavy (non-hydrogen) atoms. The van der Waals surface area contributed by atoms with Crippen LogP contribution in [0.25, 0.3) is 0 Å². The van der Waals surface area contributed by atoms with Crippen LogP contribution in [-0.4, -0.2) is 53.6 Å². The minimum absolute atomic E-state index is 0.0126. The molecule has 0 heterocycles. The molecule has 0 aromatic heterocycles. The van der Waals surface area contributed by atoms with Gasteiger partial charge in [0.15, 0.2) is 0 Å². The minimum atomic E-state index is -0.809. The highest BCUT2D eigenvalue weighted by atomic mass is 32.2. The van der Waals surface area contributed by atoms with Crippen LogP contribution in [0.4, 0.5) is 4.79 Å². The normalized spacial score (nSPS) is 13.8. The molecular weight excluding hydrogens is 288 g/mol. The average molecular weight is 318 g/mol. The second-order valence-corrected chi connectivity index (χ2v) is 7.01. The molecule has 0 fully saturated rings. The second-order valence-electron chi connectivity index (χ2n) is 6.02. The Morgan fingerprint density at radius 3 is 2.38 bits per heavy atom. The van der Waals surface area contributed by atoms with Crippen molar-refractivity contribution in [2.45, 2.75) is 46.1 Å². The average Bonchev–Trinajstić information content (AvgIpc) is 2.39. The molecule has 0 aliphatic carbocycles. The third kappa shape index (κ3) is 9.61. The number of aliphatic carboxylic acids is 1. The van der Waals surface area contributed by atoms with Crippen molar-refractivity contribution in [1.29, 1.82) is 0 Å². The Morgan fingerprint density at radius 1 is 1.29 bits per heavy atom. The molecule has 124 valence electrons. The molecule has 5 nitrogen and oxygen atoms in total. The SMILES string of the molecule is CSCCC(C)N(C)C(=O)NC[C@H](CC(=O)O)CC(C)C. The number of carboxylic acids is 1. The number of rotatable bonds is 10. The van der Waals surface area contributed by atoms with Gasteiger partial charge >= 0.3 is 12.0 Å². The maximum atomic E-state index is 12.1. The number of amides is 2. The fourth-order valence-electron chi connectivity index (χ4n) is 2.19. The topological polar surface area (TPSA) is 69.6 Å². The number of nitrogens with zero attached hydrogens (tertiary/aromatic N) is 1. The summed E-state index contributed by atoms with van der Waals surface area (Å²) in [5.74, 6) is 0.621. The number of carbonyl (C=O) groups is 2. The lowest BCUT2D eigenvalue weighted by atomic mass is 9.94. The minimum Gasteiger partial charge on any atom is -0.481 e. The van der Waals surface area contributed by atoms with E-state index < -0.39 is 5.97 Å². The van der Waals surface area contributed by atoms with Crippen molar-refractivity contribution in [2.24, 2.45) is 11.8 Å². The molecule has 6 heteroatoms. The Morgan fingerprint density at radius 2 is 1.90 bits per heavy atom. The first-order chi connectivity index (χ1) is 9.77. The largest absolute Gasteiger partial charge is 0.481 e. The van der Waals surface area contributed by atoms with Gasteiger partial charge in [0, 0.05) is 26.1 Å².